The maximum absolute atomic E-state index is 2.24. The minimum Gasteiger partial charge on any atom is -0.151 e. The average molecular weight is 248 g/mol. The number of benzene rings is 1. The molecule has 2 aromatic rings. The molecule has 1 heteroatoms. The maximum Gasteiger partial charge on any atom is 0 e. The molecule has 66 valence electrons. The van der Waals surface area contributed by atoms with Crippen LogP contribution in [0.25, 0.3) is 10.8 Å². The molecule has 0 aromatic heterocycles. The van der Waals surface area contributed by atoms with Crippen molar-refractivity contribution >= 4 is 10.8 Å². The Morgan fingerprint density at radius 3 is 2.54 bits per heavy atom. The molecule has 0 nitrogen and oxygen atoms in total. The normalized spacial score (nSPS) is 10.4. The largest absolute Gasteiger partial charge is 0.151 e. The Morgan fingerprint density at radius 1 is 1.15 bits per heavy atom. The standard InChI is InChI=1S/C12H13.Zr/c1-9(2)11-8-7-10-5-3-4-6-12(10)11;/h3-9H,1-2H3;/q-1;. The summed E-state index contributed by atoms with van der Waals surface area (Å²) < 4.78 is 0. The maximum atomic E-state index is 2.24. The van der Waals surface area contributed by atoms with Gasteiger partial charge in [0.15, 0.2) is 0 Å². The van der Waals surface area contributed by atoms with E-state index in [1.54, 1.807) is 0 Å². The van der Waals surface area contributed by atoms with Gasteiger partial charge in [0, 0.05) is 26.2 Å². The summed E-state index contributed by atoms with van der Waals surface area (Å²) in [6.07, 6.45) is 0. The van der Waals surface area contributed by atoms with Gasteiger partial charge < -0.3 is 0 Å². The van der Waals surface area contributed by atoms with Crippen LogP contribution >= 0.6 is 0 Å². The summed E-state index contributed by atoms with van der Waals surface area (Å²) in [5.74, 6) is 0.630. The van der Waals surface area contributed by atoms with E-state index in [1.807, 2.05) is 0 Å². The number of hydrogen-bond acceptors (Lipinski definition) is 0. The van der Waals surface area contributed by atoms with E-state index in [-0.39, 0.29) is 26.2 Å². The van der Waals surface area contributed by atoms with Gasteiger partial charge in [0.2, 0.25) is 0 Å². The van der Waals surface area contributed by atoms with Crippen molar-refractivity contribution < 1.29 is 26.2 Å². The van der Waals surface area contributed by atoms with E-state index >= 15 is 0 Å². The van der Waals surface area contributed by atoms with Gasteiger partial charge in [-0.2, -0.15) is 5.56 Å². The van der Waals surface area contributed by atoms with Crippen LogP contribution in [0.1, 0.15) is 25.3 Å². The summed E-state index contributed by atoms with van der Waals surface area (Å²) in [6, 6.07) is 13.0. The Bertz CT molecular complexity index is 385. The van der Waals surface area contributed by atoms with Crippen LogP contribution in [0.15, 0.2) is 36.4 Å². The van der Waals surface area contributed by atoms with Crippen LogP contribution in [-0.4, -0.2) is 0 Å². The average Bonchev–Trinajstić information content (AvgIpc) is 2.47. The quantitative estimate of drug-likeness (QED) is 0.675. The predicted octanol–water partition coefficient (Wildman–Crippen LogP) is 3.68. The van der Waals surface area contributed by atoms with Crippen LogP contribution in [0.4, 0.5) is 0 Å². The summed E-state index contributed by atoms with van der Waals surface area (Å²) >= 11 is 0. The van der Waals surface area contributed by atoms with Crippen molar-refractivity contribution in [3.63, 3.8) is 0 Å². The minimum absolute atomic E-state index is 0. The van der Waals surface area contributed by atoms with E-state index in [0.29, 0.717) is 5.92 Å². The molecule has 0 saturated heterocycles. The van der Waals surface area contributed by atoms with Gasteiger partial charge in [-0.15, -0.1) is 41.1 Å². The second-order valence-corrected chi connectivity index (χ2v) is 3.53. The molecule has 0 N–H and O–H groups in total. The smallest absolute Gasteiger partial charge is 0 e. The van der Waals surface area contributed by atoms with Crippen LogP contribution in [0.3, 0.4) is 0 Å². The zero-order valence-corrected chi connectivity index (χ0v) is 10.5. The van der Waals surface area contributed by atoms with Gasteiger partial charge in [-0.1, -0.05) is 25.8 Å². The van der Waals surface area contributed by atoms with Crippen LogP contribution in [-0.2, 0) is 26.2 Å². The fraction of sp³-hybridized carbons (Fsp3) is 0.250. The molecule has 2 rings (SSSR count). The molecule has 13 heavy (non-hydrogen) atoms. The van der Waals surface area contributed by atoms with Gasteiger partial charge in [-0.05, 0) is 0 Å². The van der Waals surface area contributed by atoms with Gasteiger partial charge in [0.25, 0.3) is 0 Å². The van der Waals surface area contributed by atoms with E-state index in [2.05, 4.69) is 50.2 Å². The fourth-order valence-corrected chi connectivity index (χ4v) is 1.68. The Labute approximate surface area is 98.4 Å². The van der Waals surface area contributed by atoms with E-state index in [0.717, 1.165) is 0 Å². The van der Waals surface area contributed by atoms with Crippen molar-refractivity contribution in [2.24, 2.45) is 0 Å². The van der Waals surface area contributed by atoms with Crippen molar-refractivity contribution in [2.75, 3.05) is 0 Å². The van der Waals surface area contributed by atoms with Gasteiger partial charge >= 0.3 is 0 Å². The third-order valence-corrected chi connectivity index (χ3v) is 2.34. The van der Waals surface area contributed by atoms with Crippen LogP contribution in [0, 0.1) is 0 Å². The van der Waals surface area contributed by atoms with Gasteiger partial charge in [-0.25, -0.2) is 0 Å². The fourth-order valence-electron chi connectivity index (χ4n) is 1.68. The van der Waals surface area contributed by atoms with Gasteiger partial charge in [0.1, 0.15) is 0 Å². The SMILES string of the molecule is CC(C)c1c[cH-]c2ccccc12.[Zr]. The second kappa shape index (κ2) is 4.28. The summed E-state index contributed by atoms with van der Waals surface area (Å²) in [6.45, 7) is 4.48. The van der Waals surface area contributed by atoms with Crippen molar-refractivity contribution in [3.8, 4) is 0 Å². The third-order valence-electron chi connectivity index (χ3n) is 2.34. The number of hydrogen-bond donors (Lipinski definition) is 0. The van der Waals surface area contributed by atoms with Crippen LogP contribution in [0.2, 0.25) is 0 Å². The zero-order chi connectivity index (χ0) is 8.55. The number of fused-ring (bicyclic) bond motifs is 1. The first kappa shape index (κ1) is 10.8. The summed E-state index contributed by atoms with van der Waals surface area (Å²) in [7, 11) is 0. The Morgan fingerprint density at radius 2 is 1.85 bits per heavy atom. The molecule has 0 atom stereocenters. The Balaban J connectivity index is 0.000000845. The molecule has 0 aliphatic rings. The molecule has 0 radical (unpaired) electrons. The molecule has 0 aliphatic carbocycles. The molecule has 0 aliphatic heterocycles. The molecular formula is C12H13Zr-. The second-order valence-electron chi connectivity index (χ2n) is 3.53. The summed E-state index contributed by atoms with van der Waals surface area (Å²) in [5, 5.41) is 2.77. The van der Waals surface area contributed by atoms with Crippen LogP contribution < -0.4 is 0 Å². The molecule has 0 unspecified atom stereocenters. The van der Waals surface area contributed by atoms with E-state index < -0.39 is 0 Å². The summed E-state index contributed by atoms with van der Waals surface area (Å²) in [5.41, 5.74) is 1.46. The van der Waals surface area contributed by atoms with Crippen molar-refractivity contribution in [3.05, 3.63) is 42.0 Å². The van der Waals surface area contributed by atoms with Gasteiger partial charge in [-0.3, -0.25) is 0 Å². The zero-order valence-electron chi connectivity index (χ0n) is 8.04. The van der Waals surface area contributed by atoms with E-state index in [9.17, 15) is 0 Å². The first-order valence-electron chi connectivity index (χ1n) is 4.43. The van der Waals surface area contributed by atoms with Gasteiger partial charge in [0.05, 0.1) is 0 Å². The van der Waals surface area contributed by atoms with Crippen LogP contribution in [0.5, 0.6) is 0 Å². The third kappa shape index (κ3) is 1.97. The molecule has 0 spiro atoms. The molecule has 0 fully saturated rings. The molecule has 0 amide bonds. The first-order valence-corrected chi connectivity index (χ1v) is 4.43. The summed E-state index contributed by atoms with van der Waals surface area (Å²) in [4.78, 5) is 0. The number of rotatable bonds is 1. The first-order chi connectivity index (χ1) is 5.79. The molecule has 0 saturated carbocycles. The predicted molar refractivity (Wildman–Crippen MR) is 53.6 cm³/mol. The monoisotopic (exact) mass is 247 g/mol. The van der Waals surface area contributed by atoms with E-state index in [4.69, 9.17) is 0 Å². The molecule has 2 aromatic carbocycles. The molecule has 0 heterocycles. The van der Waals surface area contributed by atoms with Crippen molar-refractivity contribution in [1.29, 1.82) is 0 Å². The molecular weight excluding hydrogens is 235 g/mol. The van der Waals surface area contributed by atoms with Crippen molar-refractivity contribution in [2.45, 2.75) is 19.8 Å². The molecule has 0 bridgehead atoms. The topological polar surface area (TPSA) is 0 Å². The Hall–Kier alpha value is -0.287. The Kier molecular flexibility index (Phi) is 3.56. The van der Waals surface area contributed by atoms with Crippen molar-refractivity contribution in [1.82, 2.24) is 0 Å². The van der Waals surface area contributed by atoms with E-state index in [1.165, 1.54) is 16.3 Å². The minimum atomic E-state index is 0.